The lowest BCUT2D eigenvalue weighted by atomic mass is 9.97. The van der Waals surface area contributed by atoms with Gasteiger partial charge in [-0.15, -0.1) is 0 Å². The van der Waals surface area contributed by atoms with E-state index in [4.69, 9.17) is 9.47 Å². The first-order valence-corrected chi connectivity index (χ1v) is 8.95. The van der Waals surface area contributed by atoms with Gasteiger partial charge in [-0.25, -0.2) is 4.39 Å². The summed E-state index contributed by atoms with van der Waals surface area (Å²) in [5.74, 6) is -4.30. The largest absolute Gasteiger partial charge is 0.486 e. The maximum absolute atomic E-state index is 15.0. The molecule has 2 rings (SSSR count). The van der Waals surface area contributed by atoms with Gasteiger partial charge in [0.2, 0.25) is 11.6 Å². The van der Waals surface area contributed by atoms with Crippen LogP contribution in [0.5, 0.6) is 11.5 Å². The number of halogens is 3. The Balaban J connectivity index is 2.38. The lowest BCUT2D eigenvalue weighted by Crippen LogP contribution is -2.15. The van der Waals surface area contributed by atoms with E-state index in [1.807, 2.05) is 6.92 Å². The van der Waals surface area contributed by atoms with Crippen molar-refractivity contribution in [1.29, 1.82) is 0 Å². The first-order valence-electron chi connectivity index (χ1n) is 8.95. The van der Waals surface area contributed by atoms with Crippen molar-refractivity contribution >= 4 is 0 Å². The average Bonchev–Trinajstić information content (AvgIpc) is 2.71. The zero-order chi connectivity index (χ0) is 21.7. The van der Waals surface area contributed by atoms with Crippen molar-refractivity contribution in [2.45, 2.75) is 19.8 Å². The molecular formula is C24H23F3O2. The number of allylic oxidation sites excluding steroid dienone is 7. The van der Waals surface area contributed by atoms with Crippen molar-refractivity contribution in [2.24, 2.45) is 0 Å². The van der Waals surface area contributed by atoms with Gasteiger partial charge < -0.3 is 9.47 Å². The Morgan fingerprint density at radius 3 is 2.52 bits per heavy atom. The minimum Gasteiger partial charge on any atom is -0.486 e. The highest BCUT2D eigenvalue weighted by molar-refractivity contribution is 5.56. The first-order chi connectivity index (χ1) is 13.7. The number of rotatable bonds is 8. The molecule has 0 unspecified atom stereocenters. The standard InChI is InChI=1S/C24H23F3O2/c1-7-11-28-19-13-18-12-16(5)23(29-24(18)22(27)21(19)26)20(25)17(6)15(4)10-9-14(3)8-2/h7,9-10,13H,1,3-6,8,11-12H2,2H3/b10-9-,23-20-. The Morgan fingerprint density at radius 2 is 1.90 bits per heavy atom. The second kappa shape index (κ2) is 9.32. The van der Waals surface area contributed by atoms with Crippen molar-refractivity contribution < 1.29 is 22.6 Å². The molecule has 1 aromatic rings. The van der Waals surface area contributed by atoms with E-state index in [9.17, 15) is 13.2 Å². The molecule has 0 spiro atoms. The lowest BCUT2D eigenvalue weighted by Gasteiger charge is -2.24. The van der Waals surface area contributed by atoms with Gasteiger partial charge in [-0.1, -0.05) is 63.6 Å². The van der Waals surface area contributed by atoms with Crippen molar-refractivity contribution in [1.82, 2.24) is 0 Å². The summed E-state index contributed by atoms with van der Waals surface area (Å²) in [7, 11) is 0. The maximum Gasteiger partial charge on any atom is 0.205 e. The van der Waals surface area contributed by atoms with Gasteiger partial charge in [-0.3, -0.25) is 0 Å². The summed E-state index contributed by atoms with van der Waals surface area (Å²) in [5.41, 5.74) is 1.65. The Kier molecular flexibility index (Phi) is 7.10. The molecule has 1 aliphatic heterocycles. The molecule has 1 heterocycles. The Labute approximate surface area is 169 Å². The molecule has 0 amide bonds. The van der Waals surface area contributed by atoms with Gasteiger partial charge in [0.25, 0.3) is 0 Å². The van der Waals surface area contributed by atoms with Crippen LogP contribution in [0.1, 0.15) is 18.9 Å². The smallest absolute Gasteiger partial charge is 0.205 e. The Hall–Kier alpha value is -3.21. The highest BCUT2D eigenvalue weighted by Gasteiger charge is 2.29. The van der Waals surface area contributed by atoms with Gasteiger partial charge in [0, 0.05) is 17.6 Å². The summed E-state index contributed by atoms with van der Waals surface area (Å²) < 4.78 is 54.2. The first kappa shape index (κ1) is 22.1. The summed E-state index contributed by atoms with van der Waals surface area (Å²) in [4.78, 5) is 0. The fraction of sp³-hybridized carbons (Fsp3) is 0.167. The summed E-state index contributed by atoms with van der Waals surface area (Å²) in [6, 6.07) is 1.31. The van der Waals surface area contributed by atoms with Crippen molar-refractivity contribution in [3.05, 3.63) is 108 Å². The van der Waals surface area contributed by atoms with Gasteiger partial charge in [0.15, 0.2) is 23.1 Å². The molecule has 0 saturated heterocycles. The minimum absolute atomic E-state index is 0.0106. The molecule has 0 aromatic heterocycles. The van der Waals surface area contributed by atoms with Crippen LogP contribution in [0.4, 0.5) is 13.2 Å². The van der Waals surface area contributed by atoms with Gasteiger partial charge in [0.1, 0.15) is 6.61 Å². The van der Waals surface area contributed by atoms with Crippen LogP contribution in [0.25, 0.3) is 0 Å². The third-order valence-corrected chi connectivity index (χ3v) is 4.32. The molecule has 0 bridgehead atoms. The molecule has 0 N–H and O–H groups in total. The zero-order valence-electron chi connectivity index (χ0n) is 16.4. The van der Waals surface area contributed by atoms with Gasteiger partial charge in [-0.2, -0.15) is 8.78 Å². The molecule has 0 fully saturated rings. The molecule has 5 heteroatoms. The highest BCUT2D eigenvalue weighted by atomic mass is 19.2. The summed E-state index contributed by atoms with van der Waals surface area (Å²) in [5, 5.41) is 0. The normalized spacial score (nSPS) is 14.8. The third-order valence-electron chi connectivity index (χ3n) is 4.32. The maximum atomic E-state index is 15.0. The quantitative estimate of drug-likeness (QED) is 0.351. The average molecular weight is 400 g/mol. The molecule has 2 nitrogen and oxygen atoms in total. The monoisotopic (exact) mass is 400 g/mol. The summed E-state index contributed by atoms with van der Waals surface area (Å²) in [6.07, 6.45) is 5.49. The fourth-order valence-corrected chi connectivity index (χ4v) is 2.53. The highest BCUT2D eigenvalue weighted by Crippen LogP contribution is 2.41. The van der Waals surface area contributed by atoms with Crippen LogP contribution < -0.4 is 9.47 Å². The van der Waals surface area contributed by atoms with Crippen LogP contribution in [0.15, 0.2) is 91.1 Å². The van der Waals surface area contributed by atoms with E-state index in [2.05, 4.69) is 32.9 Å². The van der Waals surface area contributed by atoms with E-state index in [-0.39, 0.29) is 35.7 Å². The van der Waals surface area contributed by atoms with E-state index < -0.39 is 23.2 Å². The van der Waals surface area contributed by atoms with E-state index >= 15 is 0 Å². The minimum atomic E-state index is -1.26. The Morgan fingerprint density at radius 1 is 1.21 bits per heavy atom. The topological polar surface area (TPSA) is 18.5 Å². The molecule has 1 aliphatic rings. The predicted octanol–water partition coefficient (Wildman–Crippen LogP) is 6.84. The number of benzene rings is 1. The van der Waals surface area contributed by atoms with Crippen LogP contribution in [0.2, 0.25) is 0 Å². The molecule has 0 atom stereocenters. The molecule has 0 saturated carbocycles. The fourth-order valence-electron chi connectivity index (χ4n) is 2.53. The lowest BCUT2D eigenvalue weighted by molar-refractivity contribution is 0.315. The van der Waals surface area contributed by atoms with E-state index in [1.165, 1.54) is 12.1 Å². The Bertz CT molecular complexity index is 965. The SMILES string of the molecule is C=CCOc1cc2c(c(F)c1F)O/C(=C(\F)C(=C)C(=C)/C=C\C(=C)CC)C(=C)C2. The van der Waals surface area contributed by atoms with E-state index in [0.29, 0.717) is 11.1 Å². The summed E-state index contributed by atoms with van der Waals surface area (Å²) >= 11 is 0. The molecule has 0 radical (unpaired) electrons. The predicted molar refractivity (Wildman–Crippen MR) is 111 cm³/mol. The third kappa shape index (κ3) is 4.80. The molecule has 152 valence electrons. The van der Waals surface area contributed by atoms with E-state index in [0.717, 1.165) is 12.0 Å². The van der Waals surface area contributed by atoms with Crippen LogP contribution in [-0.4, -0.2) is 6.61 Å². The molecule has 1 aromatic carbocycles. The van der Waals surface area contributed by atoms with E-state index in [1.54, 1.807) is 12.2 Å². The molecule has 29 heavy (non-hydrogen) atoms. The van der Waals surface area contributed by atoms with Crippen molar-refractivity contribution in [3.8, 4) is 11.5 Å². The van der Waals surface area contributed by atoms with Crippen LogP contribution in [0.3, 0.4) is 0 Å². The second-order valence-electron chi connectivity index (χ2n) is 6.47. The number of ether oxygens (including phenoxy) is 2. The van der Waals surface area contributed by atoms with Crippen LogP contribution >= 0.6 is 0 Å². The van der Waals surface area contributed by atoms with Gasteiger partial charge in [0.05, 0.1) is 0 Å². The van der Waals surface area contributed by atoms with Crippen molar-refractivity contribution in [2.75, 3.05) is 6.61 Å². The van der Waals surface area contributed by atoms with Crippen LogP contribution in [-0.2, 0) is 6.42 Å². The van der Waals surface area contributed by atoms with Gasteiger partial charge in [-0.05, 0) is 23.6 Å². The van der Waals surface area contributed by atoms with Crippen LogP contribution in [0, 0.1) is 11.6 Å². The molecular weight excluding hydrogens is 377 g/mol. The van der Waals surface area contributed by atoms with Crippen molar-refractivity contribution in [3.63, 3.8) is 0 Å². The van der Waals surface area contributed by atoms with Gasteiger partial charge >= 0.3 is 0 Å². The number of fused-ring (bicyclic) bond motifs is 1. The second-order valence-corrected chi connectivity index (χ2v) is 6.47. The summed E-state index contributed by atoms with van der Waals surface area (Å²) in [6.45, 7) is 20.5. The molecule has 0 aliphatic carbocycles. The number of hydrogen-bond acceptors (Lipinski definition) is 2. The number of hydrogen-bond donors (Lipinski definition) is 0. The zero-order valence-corrected chi connectivity index (χ0v) is 16.4.